The van der Waals surface area contributed by atoms with Gasteiger partial charge in [0.15, 0.2) is 0 Å². The molecular formula is C31H43N5O5. The number of nitrogens with zero attached hydrogens (tertiary/aromatic N) is 3. The summed E-state index contributed by atoms with van der Waals surface area (Å²) >= 11 is 0. The molecule has 3 saturated carbocycles. The number of nitrogens with one attached hydrogen (secondary N) is 2. The molecule has 2 aromatic rings. The molecule has 5 rings (SSSR count). The van der Waals surface area contributed by atoms with Gasteiger partial charge in [-0.05, 0) is 76.2 Å². The van der Waals surface area contributed by atoms with E-state index in [0.29, 0.717) is 24.4 Å². The monoisotopic (exact) mass is 565 g/mol. The largest absolute Gasteiger partial charge is 0.437 e. The average Bonchev–Trinajstić information content (AvgIpc) is 3.85. The Kier molecular flexibility index (Phi) is 8.77. The number of hydrogen-bond donors (Lipinski definition) is 2. The van der Waals surface area contributed by atoms with Crippen molar-refractivity contribution in [3.05, 3.63) is 51.8 Å². The van der Waals surface area contributed by atoms with Crippen LogP contribution in [0.5, 0.6) is 0 Å². The van der Waals surface area contributed by atoms with Gasteiger partial charge in [-0.2, -0.15) is 4.68 Å². The molecule has 3 fully saturated rings. The van der Waals surface area contributed by atoms with E-state index >= 15 is 0 Å². The maximum Gasteiger partial charge on any atom is 0.437 e. The molecule has 10 nitrogen and oxygen atoms in total. The van der Waals surface area contributed by atoms with Crippen LogP contribution < -0.4 is 16.4 Å². The number of unbranched alkanes of at least 4 members (excludes halogenated alkanes) is 1. The minimum Gasteiger partial charge on any atom is -0.384 e. The van der Waals surface area contributed by atoms with Gasteiger partial charge in [0.2, 0.25) is 11.7 Å². The standard InChI is InChI=1S/C31H43N5O5/c1-4-5-9-24(26(37)29-34-36(30(40)41-29)19-21-10-11-21)32-28(39)23-8-6-7-16-31(23)17-25(31)33-27(38)22-14-12-20(13-15-22)18-35(2)3/h12-15,21,23-25H,4-11,16-19H2,1-3H3,(H,32,39)(H,33,38)/t23-,24?,25+,31?/m0/s1. The van der Waals surface area contributed by atoms with Gasteiger partial charge < -0.3 is 20.0 Å². The van der Waals surface area contributed by atoms with Crippen LogP contribution in [0.1, 0.15) is 97.7 Å². The molecule has 2 unspecified atom stereocenters. The summed E-state index contributed by atoms with van der Waals surface area (Å²) in [7, 11) is 4.01. The second kappa shape index (κ2) is 12.3. The number of ketones is 1. The fourth-order valence-corrected chi connectivity index (χ4v) is 6.37. The Hall–Kier alpha value is -3.27. The third-order valence-electron chi connectivity index (χ3n) is 8.96. The lowest BCUT2D eigenvalue weighted by Gasteiger charge is -2.33. The van der Waals surface area contributed by atoms with Crippen molar-refractivity contribution < 1.29 is 18.8 Å². The van der Waals surface area contributed by atoms with E-state index in [1.807, 2.05) is 45.3 Å². The predicted molar refractivity (Wildman–Crippen MR) is 153 cm³/mol. The lowest BCUT2D eigenvalue weighted by Crippen LogP contribution is -2.48. The Morgan fingerprint density at radius 1 is 1.15 bits per heavy atom. The van der Waals surface area contributed by atoms with Crippen molar-refractivity contribution in [2.75, 3.05) is 14.1 Å². The number of carbonyl (C=O) groups is 3. The van der Waals surface area contributed by atoms with E-state index in [2.05, 4.69) is 20.6 Å². The quantitative estimate of drug-likeness (QED) is 0.356. The highest BCUT2D eigenvalue weighted by Crippen LogP contribution is 2.59. The van der Waals surface area contributed by atoms with E-state index in [-0.39, 0.29) is 35.1 Å². The van der Waals surface area contributed by atoms with Crippen LogP contribution in [-0.4, -0.2) is 58.5 Å². The SMILES string of the molecule is CCCCC(NC(=O)[C@@H]1CCCCC12C[C@H]2NC(=O)c1ccc(CN(C)C)cc1)C(=O)c1nn(CC2CC2)c(=O)o1. The lowest BCUT2D eigenvalue weighted by molar-refractivity contribution is -0.129. The van der Waals surface area contributed by atoms with Crippen molar-refractivity contribution in [2.45, 2.75) is 96.3 Å². The second-order valence-electron chi connectivity index (χ2n) is 12.6. The number of rotatable bonds is 13. The summed E-state index contributed by atoms with van der Waals surface area (Å²) in [5.74, 6) is -1.49. The van der Waals surface area contributed by atoms with E-state index < -0.39 is 17.6 Å². The van der Waals surface area contributed by atoms with E-state index in [1.54, 1.807) is 0 Å². The van der Waals surface area contributed by atoms with Crippen LogP contribution in [-0.2, 0) is 17.9 Å². The van der Waals surface area contributed by atoms with Gasteiger partial charge in [0.05, 0.1) is 12.6 Å². The van der Waals surface area contributed by atoms with Crippen LogP contribution in [0, 0.1) is 17.3 Å². The van der Waals surface area contributed by atoms with E-state index in [1.165, 1.54) is 4.68 Å². The highest BCUT2D eigenvalue weighted by Gasteiger charge is 2.62. The van der Waals surface area contributed by atoms with Gasteiger partial charge in [0.25, 0.3) is 11.8 Å². The van der Waals surface area contributed by atoms with Crippen molar-refractivity contribution >= 4 is 17.6 Å². The molecule has 0 radical (unpaired) electrons. The first kappa shape index (κ1) is 29.2. The molecule has 222 valence electrons. The average molecular weight is 566 g/mol. The minimum absolute atomic E-state index is 0.0755. The number of benzene rings is 1. The molecule has 1 aromatic carbocycles. The van der Waals surface area contributed by atoms with Gasteiger partial charge in [-0.3, -0.25) is 14.4 Å². The summed E-state index contributed by atoms with van der Waals surface area (Å²) in [6, 6.07) is 6.76. The summed E-state index contributed by atoms with van der Waals surface area (Å²) in [5.41, 5.74) is 1.46. The summed E-state index contributed by atoms with van der Waals surface area (Å²) in [6.07, 6.45) is 8.43. The maximum atomic E-state index is 13.7. The zero-order chi connectivity index (χ0) is 29.1. The molecule has 1 heterocycles. The van der Waals surface area contributed by atoms with Crippen LogP contribution in [0.2, 0.25) is 0 Å². The molecular weight excluding hydrogens is 522 g/mol. The highest BCUT2D eigenvalue weighted by molar-refractivity contribution is 5.99. The smallest absolute Gasteiger partial charge is 0.384 e. The Morgan fingerprint density at radius 3 is 2.59 bits per heavy atom. The first-order valence-corrected chi connectivity index (χ1v) is 15.2. The summed E-state index contributed by atoms with van der Waals surface area (Å²) in [5, 5.41) is 10.4. The number of carbonyl (C=O) groups excluding carboxylic acids is 3. The Morgan fingerprint density at radius 2 is 1.90 bits per heavy atom. The molecule has 2 N–H and O–H groups in total. The molecule has 10 heteroatoms. The van der Waals surface area contributed by atoms with Crippen molar-refractivity contribution in [3.8, 4) is 0 Å². The molecule has 41 heavy (non-hydrogen) atoms. The van der Waals surface area contributed by atoms with Gasteiger partial charge in [0, 0.05) is 29.5 Å². The molecule has 0 saturated heterocycles. The molecule has 3 aliphatic carbocycles. The molecule has 0 aliphatic heterocycles. The summed E-state index contributed by atoms with van der Waals surface area (Å²) in [6.45, 7) is 3.29. The van der Waals surface area contributed by atoms with Crippen molar-refractivity contribution in [1.29, 1.82) is 0 Å². The molecule has 1 spiro atoms. The minimum atomic E-state index is -0.804. The fraction of sp³-hybridized carbons (Fsp3) is 0.645. The van der Waals surface area contributed by atoms with Crippen LogP contribution in [0.25, 0.3) is 0 Å². The number of Topliss-reactive ketones (excluding diaryl/α,β-unsaturated/α-hetero) is 1. The summed E-state index contributed by atoms with van der Waals surface area (Å²) < 4.78 is 6.45. The highest BCUT2D eigenvalue weighted by atomic mass is 16.4. The van der Waals surface area contributed by atoms with Crippen molar-refractivity contribution in [2.24, 2.45) is 17.3 Å². The summed E-state index contributed by atoms with van der Waals surface area (Å²) in [4.78, 5) is 54.5. The Labute approximate surface area is 241 Å². The van der Waals surface area contributed by atoms with Gasteiger partial charge in [-0.1, -0.05) is 44.7 Å². The topological polar surface area (TPSA) is 127 Å². The lowest BCUT2D eigenvalue weighted by atomic mass is 9.75. The second-order valence-corrected chi connectivity index (χ2v) is 12.6. The molecule has 4 atom stereocenters. The van der Waals surface area contributed by atoms with Gasteiger partial charge in [-0.25, -0.2) is 4.79 Å². The van der Waals surface area contributed by atoms with Crippen LogP contribution in [0.3, 0.4) is 0 Å². The molecule has 3 aliphatic rings. The van der Waals surface area contributed by atoms with Gasteiger partial charge >= 0.3 is 5.76 Å². The number of hydrogen-bond acceptors (Lipinski definition) is 7. The van der Waals surface area contributed by atoms with Crippen LogP contribution >= 0.6 is 0 Å². The molecule has 2 amide bonds. The predicted octanol–water partition coefficient (Wildman–Crippen LogP) is 3.54. The van der Waals surface area contributed by atoms with Crippen molar-refractivity contribution in [1.82, 2.24) is 25.3 Å². The third kappa shape index (κ3) is 6.80. The maximum absolute atomic E-state index is 13.7. The molecule has 1 aromatic heterocycles. The molecule has 0 bridgehead atoms. The number of amides is 2. The van der Waals surface area contributed by atoms with E-state index in [4.69, 9.17) is 4.42 Å². The first-order chi connectivity index (χ1) is 19.7. The normalized spacial score (nSPS) is 24.3. The van der Waals surface area contributed by atoms with Crippen molar-refractivity contribution in [3.63, 3.8) is 0 Å². The zero-order valence-corrected chi connectivity index (χ0v) is 24.5. The fourth-order valence-electron chi connectivity index (χ4n) is 6.37. The third-order valence-corrected chi connectivity index (χ3v) is 8.96. The van der Waals surface area contributed by atoms with E-state index in [9.17, 15) is 19.2 Å². The van der Waals surface area contributed by atoms with Crippen LogP contribution in [0.15, 0.2) is 33.5 Å². The van der Waals surface area contributed by atoms with Gasteiger partial charge in [-0.15, -0.1) is 5.10 Å². The Balaban J connectivity index is 1.24. The van der Waals surface area contributed by atoms with E-state index in [0.717, 1.165) is 69.9 Å². The Bertz CT molecular complexity index is 1310. The number of aromatic nitrogens is 2. The zero-order valence-electron chi connectivity index (χ0n) is 24.5. The first-order valence-electron chi connectivity index (χ1n) is 15.2. The van der Waals surface area contributed by atoms with Crippen LogP contribution in [0.4, 0.5) is 0 Å². The van der Waals surface area contributed by atoms with Gasteiger partial charge in [0.1, 0.15) is 0 Å².